The number of hydrogen-bond acceptors (Lipinski definition) is 10. The number of benzene rings is 2. The normalized spacial score (nSPS) is 12.5. The molecular formula is C17H12O10Y2. The average molecular weight is 554 g/mol. The van der Waals surface area contributed by atoms with Gasteiger partial charge in [-0.25, -0.2) is 19.2 Å². The minimum absolute atomic E-state index is 0. The number of rotatable bonds is 0. The van der Waals surface area contributed by atoms with Crippen molar-refractivity contribution in [2.45, 2.75) is 0 Å². The molecule has 146 valence electrons. The fourth-order valence-corrected chi connectivity index (χ4v) is 2.15. The zero-order valence-electron chi connectivity index (χ0n) is 14.6. The molecule has 0 atom stereocenters. The topological polar surface area (TPSA) is 168 Å². The molecule has 12 heteroatoms. The number of phenolic OH excluding ortho intramolecular Hbond substituents is 2. The molecule has 2 aromatic carbocycles. The zero-order valence-corrected chi connectivity index (χ0v) is 20.2. The maximum Gasteiger partial charge on any atom is 0.347 e. The first-order valence-electron chi connectivity index (χ1n) is 7.19. The Bertz CT molecular complexity index is 866. The summed E-state index contributed by atoms with van der Waals surface area (Å²) in [5.74, 6) is -2.83. The summed E-state index contributed by atoms with van der Waals surface area (Å²) in [5, 5.41) is 32.2. The summed E-state index contributed by atoms with van der Waals surface area (Å²) in [5.41, 5.74) is 0.663. The van der Waals surface area contributed by atoms with Gasteiger partial charge in [0.2, 0.25) is 0 Å². The van der Waals surface area contributed by atoms with Crippen molar-refractivity contribution in [1.29, 1.82) is 0 Å². The van der Waals surface area contributed by atoms with Gasteiger partial charge in [-0.15, -0.1) is 0 Å². The van der Waals surface area contributed by atoms with Gasteiger partial charge in [0.15, 0.2) is 0 Å². The van der Waals surface area contributed by atoms with Crippen molar-refractivity contribution in [2.75, 3.05) is 6.79 Å². The molecule has 29 heavy (non-hydrogen) atoms. The molecule has 0 bridgehead atoms. The fourth-order valence-electron chi connectivity index (χ4n) is 2.15. The van der Waals surface area contributed by atoms with E-state index in [1.54, 1.807) is 0 Å². The third kappa shape index (κ3) is 6.73. The van der Waals surface area contributed by atoms with Crippen molar-refractivity contribution in [3.8, 4) is 11.5 Å². The van der Waals surface area contributed by atoms with Crippen LogP contribution in [0.15, 0.2) is 36.4 Å². The van der Waals surface area contributed by atoms with E-state index >= 15 is 0 Å². The maximum absolute atomic E-state index is 10.9. The standard InChI is InChI=1S/2C8H4O4.CH4O2.2Y/c2*9-4-1-2-5-6(3-4)8(11)12-7(5)10;2-1-3;;/h2*1-3,9H;2-3H,1H2;;. The molecule has 0 amide bonds. The molecule has 0 saturated carbocycles. The maximum atomic E-state index is 10.9. The molecule has 0 unspecified atom stereocenters. The van der Waals surface area contributed by atoms with Gasteiger partial charge in [-0.2, -0.15) is 0 Å². The minimum atomic E-state index is -0.750. The summed E-state index contributed by atoms with van der Waals surface area (Å²) < 4.78 is 8.60. The summed E-state index contributed by atoms with van der Waals surface area (Å²) in [4.78, 5) is 43.5. The number of fused-ring (bicyclic) bond motifs is 2. The number of aromatic hydroxyl groups is 2. The molecule has 10 nitrogen and oxygen atoms in total. The fraction of sp³-hybridized carbons (Fsp3) is 0.0588. The van der Waals surface area contributed by atoms with Crippen LogP contribution in [0.5, 0.6) is 11.5 Å². The Morgan fingerprint density at radius 1 is 0.586 bits per heavy atom. The monoisotopic (exact) mass is 554 g/mol. The number of cyclic esters (lactones) is 4. The molecule has 2 aromatic rings. The van der Waals surface area contributed by atoms with E-state index in [0.29, 0.717) is 0 Å². The third-order valence-corrected chi connectivity index (χ3v) is 3.26. The number of aliphatic hydroxyl groups is 2. The van der Waals surface area contributed by atoms with Crippen LogP contribution in [0.4, 0.5) is 0 Å². The number of carbonyl (C=O) groups excluding carboxylic acids is 4. The molecule has 2 radical (unpaired) electrons. The van der Waals surface area contributed by atoms with Crippen LogP contribution in [0.3, 0.4) is 0 Å². The van der Waals surface area contributed by atoms with Gasteiger partial charge in [0.25, 0.3) is 0 Å². The van der Waals surface area contributed by atoms with Gasteiger partial charge in [-0.3, -0.25) is 0 Å². The molecule has 0 aliphatic carbocycles. The van der Waals surface area contributed by atoms with E-state index in [-0.39, 0.29) is 99.2 Å². The average Bonchev–Trinajstić information content (AvgIpc) is 3.04. The van der Waals surface area contributed by atoms with Crippen LogP contribution in [-0.4, -0.2) is 51.1 Å². The Hall–Kier alpha value is -1.55. The van der Waals surface area contributed by atoms with E-state index in [1.807, 2.05) is 0 Å². The van der Waals surface area contributed by atoms with Gasteiger partial charge in [0.05, 0.1) is 22.3 Å². The van der Waals surface area contributed by atoms with Gasteiger partial charge in [0, 0.05) is 65.4 Å². The van der Waals surface area contributed by atoms with E-state index in [1.165, 1.54) is 36.4 Å². The van der Waals surface area contributed by atoms with Gasteiger partial charge in [-0.05, 0) is 36.4 Å². The molecule has 2 aliphatic rings. The number of carbonyl (C=O) groups is 4. The Morgan fingerprint density at radius 2 is 0.862 bits per heavy atom. The Kier molecular flexibility index (Phi) is 11.6. The summed E-state index contributed by atoms with van der Waals surface area (Å²) in [6, 6.07) is 7.80. The van der Waals surface area contributed by atoms with Crippen molar-refractivity contribution in [1.82, 2.24) is 0 Å². The van der Waals surface area contributed by atoms with Gasteiger partial charge < -0.3 is 29.9 Å². The second kappa shape index (κ2) is 12.2. The van der Waals surface area contributed by atoms with E-state index < -0.39 is 30.7 Å². The first-order chi connectivity index (χ1) is 12.8. The van der Waals surface area contributed by atoms with Gasteiger partial charge >= 0.3 is 23.9 Å². The quantitative estimate of drug-likeness (QED) is 0.203. The molecule has 4 rings (SSSR count). The van der Waals surface area contributed by atoms with Crippen LogP contribution in [0.1, 0.15) is 41.4 Å². The van der Waals surface area contributed by atoms with Crippen LogP contribution < -0.4 is 0 Å². The number of hydrogen-bond donors (Lipinski definition) is 4. The Labute approximate surface area is 213 Å². The van der Waals surface area contributed by atoms with Gasteiger partial charge in [0.1, 0.15) is 18.3 Å². The number of ether oxygens (including phenoxy) is 2. The predicted molar refractivity (Wildman–Crippen MR) is 85.0 cm³/mol. The molecule has 0 saturated heterocycles. The zero-order chi connectivity index (χ0) is 20.1. The Morgan fingerprint density at radius 3 is 1.17 bits per heavy atom. The van der Waals surface area contributed by atoms with Crippen molar-refractivity contribution in [2.24, 2.45) is 0 Å². The summed E-state index contributed by atoms with van der Waals surface area (Å²) in [6.07, 6.45) is 0. The van der Waals surface area contributed by atoms with Crippen molar-refractivity contribution < 1.29 is 114 Å². The van der Waals surface area contributed by atoms with E-state index in [2.05, 4.69) is 9.47 Å². The molecule has 4 N–H and O–H groups in total. The van der Waals surface area contributed by atoms with Crippen LogP contribution in [0.2, 0.25) is 0 Å². The molecule has 0 spiro atoms. The van der Waals surface area contributed by atoms with Crippen LogP contribution in [-0.2, 0) is 74.9 Å². The molecule has 0 fully saturated rings. The van der Waals surface area contributed by atoms with Crippen molar-refractivity contribution in [3.63, 3.8) is 0 Å². The SMILES string of the molecule is O=C1OC(=O)c2cc(O)ccc21.O=C1OC(=O)c2cc(O)ccc21.OCO.[Y].[Y]. The second-order valence-electron chi connectivity index (χ2n) is 4.96. The number of esters is 4. The summed E-state index contributed by atoms with van der Waals surface area (Å²) >= 11 is 0. The third-order valence-electron chi connectivity index (χ3n) is 3.26. The predicted octanol–water partition coefficient (Wildman–Crippen LogP) is 0.329. The first kappa shape index (κ1) is 27.4. The molecule has 2 aliphatic heterocycles. The van der Waals surface area contributed by atoms with E-state index in [4.69, 9.17) is 20.4 Å². The molecular weight excluding hydrogens is 542 g/mol. The molecule has 2 heterocycles. The van der Waals surface area contributed by atoms with E-state index in [9.17, 15) is 19.2 Å². The van der Waals surface area contributed by atoms with E-state index in [0.717, 1.165) is 0 Å². The number of phenols is 2. The van der Waals surface area contributed by atoms with Crippen molar-refractivity contribution in [3.05, 3.63) is 58.7 Å². The van der Waals surface area contributed by atoms with Crippen LogP contribution in [0, 0.1) is 0 Å². The van der Waals surface area contributed by atoms with Crippen molar-refractivity contribution >= 4 is 23.9 Å². The van der Waals surface area contributed by atoms with Crippen LogP contribution in [0.25, 0.3) is 0 Å². The Balaban J connectivity index is 0.000000450. The smallest absolute Gasteiger partial charge is 0.347 e. The minimum Gasteiger partial charge on any atom is -0.508 e. The number of aliphatic hydroxyl groups excluding tert-OH is 1. The van der Waals surface area contributed by atoms with Crippen LogP contribution >= 0.6 is 0 Å². The largest absolute Gasteiger partial charge is 0.508 e. The summed E-state index contributed by atoms with van der Waals surface area (Å²) in [7, 11) is 0. The second-order valence-corrected chi connectivity index (χ2v) is 4.96. The molecule has 0 aromatic heterocycles. The van der Waals surface area contributed by atoms with Gasteiger partial charge in [-0.1, -0.05) is 0 Å². The first-order valence-corrected chi connectivity index (χ1v) is 7.19. The summed E-state index contributed by atoms with van der Waals surface area (Å²) in [6.45, 7) is -0.750.